The monoisotopic (exact) mass is 620 g/mol. The summed E-state index contributed by atoms with van der Waals surface area (Å²) in [6.07, 6.45) is -1.86. The van der Waals surface area contributed by atoms with Gasteiger partial charge in [0.1, 0.15) is 29.6 Å². The molecule has 11 unspecified atom stereocenters. The van der Waals surface area contributed by atoms with Gasteiger partial charge in [0.15, 0.2) is 18.3 Å². The predicted molar refractivity (Wildman–Crippen MR) is 133 cm³/mol. The highest BCUT2D eigenvalue weighted by molar-refractivity contribution is 7.86. The highest BCUT2D eigenvalue weighted by Crippen LogP contribution is 2.62. The van der Waals surface area contributed by atoms with Gasteiger partial charge < -0.3 is 23.7 Å². The summed E-state index contributed by atoms with van der Waals surface area (Å²) in [6, 6.07) is 0. The van der Waals surface area contributed by atoms with Crippen molar-refractivity contribution in [3.8, 4) is 0 Å². The number of ether oxygens (including phenoxy) is 5. The van der Waals surface area contributed by atoms with E-state index in [0.29, 0.717) is 37.0 Å². The first kappa shape index (κ1) is 29.7. The molecule has 0 aromatic rings. The van der Waals surface area contributed by atoms with Gasteiger partial charge in [0.25, 0.3) is 0 Å². The van der Waals surface area contributed by atoms with Crippen molar-refractivity contribution in [1.29, 1.82) is 0 Å². The molecule has 11 atom stereocenters. The number of carbonyl (C=O) groups is 4. The minimum atomic E-state index is -5.84. The maximum absolute atomic E-state index is 13.7. The van der Waals surface area contributed by atoms with E-state index in [0.717, 1.165) is 12.8 Å². The summed E-state index contributed by atoms with van der Waals surface area (Å²) >= 11 is 0. The van der Waals surface area contributed by atoms with Gasteiger partial charge in [-0.05, 0) is 69.1 Å². The lowest BCUT2D eigenvalue weighted by Crippen LogP contribution is -2.49. The Kier molecular flexibility index (Phi) is 7.12. The first-order valence-corrected chi connectivity index (χ1v) is 15.9. The van der Waals surface area contributed by atoms with Gasteiger partial charge in [-0.25, -0.2) is 0 Å². The van der Waals surface area contributed by atoms with Crippen LogP contribution in [0.3, 0.4) is 0 Å². The summed E-state index contributed by atoms with van der Waals surface area (Å²) in [4.78, 5) is 50.9. The Balaban J connectivity index is 1.07. The van der Waals surface area contributed by atoms with Crippen LogP contribution in [0.15, 0.2) is 0 Å². The largest absolute Gasteiger partial charge is 0.459 e. The number of hydrogen-bond donors (Lipinski definition) is 1. The van der Waals surface area contributed by atoms with Crippen molar-refractivity contribution < 1.29 is 64.6 Å². The molecular formula is C27H34F2O12S. The van der Waals surface area contributed by atoms with Crippen LogP contribution in [0.25, 0.3) is 0 Å². The summed E-state index contributed by atoms with van der Waals surface area (Å²) in [5.74, 6) is -3.03. The van der Waals surface area contributed by atoms with Crippen molar-refractivity contribution in [3.05, 3.63) is 0 Å². The second kappa shape index (κ2) is 10.1. The first-order chi connectivity index (χ1) is 19.7. The van der Waals surface area contributed by atoms with E-state index in [9.17, 15) is 36.4 Å². The van der Waals surface area contributed by atoms with Gasteiger partial charge in [-0.1, -0.05) is 6.92 Å². The molecule has 0 aromatic heterocycles. The molecule has 6 rings (SSSR count). The lowest BCUT2D eigenvalue weighted by atomic mass is 9.78. The number of carbonyl (C=O) groups excluding carboxylic acids is 4. The standard InChI is InChI=1S/C27H34F2O12S/c1-3-26(9-14-12-4-5-13(8-12)15(14)10-26)41-25(33)19-18-20-23(40-24(18)32)22(21(19)39-20)38-17(31)7-6-16(30)37-11(2)27(28,29)42(34,35)36/h11-15,18-23H,3-10H2,1-2H3,(H,34,35,36). The van der Waals surface area contributed by atoms with Gasteiger partial charge in [0, 0.05) is 0 Å². The van der Waals surface area contributed by atoms with Gasteiger partial charge in [0.05, 0.1) is 12.8 Å². The fourth-order valence-corrected chi connectivity index (χ4v) is 8.99. The minimum absolute atomic E-state index is 0.538. The molecule has 6 fully saturated rings. The van der Waals surface area contributed by atoms with E-state index >= 15 is 0 Å². The average molecular weight is 621 g/mol. The van der Waals surface area contributed by atoms with Crippen LogP contribution in [0.5, 0.6) is 0 Å². The molecule has 0 amide bonds. The fraction of sp³-hybridized carbons (Fsp3) is 0.852. The van der Waals surface area contributed by atoms with Crippen molar-refractivity contribution in [2.24, 2.45) is 35.5 Å². The summed E-state index contributed by atoms with van der Waals surface area (Å²) in [5, 5.41) is -4.75. The molecule has 0 aromatic carbocycles. The van der Waals surface area contributed by atoms with Crippen LogP contribution >= 0.6 is 0 Å². The van der Waals surface area contributed by atoms with Crippen molar-refractivity contribution in [2.75, 3.05) is 0 Å². The van der Waals surface area contributed by atoms with Crippen LogP contribution in [-0.4, -0.2) is 78.2 Å². The van der Waals surface area contributed by atoms with Gasteiger partial charge in [-0.15, -0.1) is 0 Å². The van der Waals surface area contributed by atoms with Crippen LogP contribution in [0.2, 0.25) is 0 Å². The lowest BCUT2D eigenvalue weighted by Gasteiger charge is -2.33. The van der Waals surface area contributed by atoms with E-state index in [4.69, 9.17) is 23.5 Å². The molecule has 42 heavy (non-hydrogen) atoms. The molecule has 4 bridgehead atoms. The number of rotatable bonds is 10. The number of alkyl halides is 2. The van der Waals surface area contributed by atoms with Crippen LogP contribution < -0.4 is 0 Å². The number of esters is 4. The normalized spacial score (nSPS) is 41.9. The summed E-state index contributed by atoms with van der Waals surface area (Å²) in [5.41, 5.74) is -0.618. The van der Waals surface area contributed by atoms with E-state index in [2.05, 4.69) is 4.74 Å². The SMILES string of the molecule is CCC1(OC(=O)C2C3OC4C(OC(=O)C42)C3OC(=O)CCC(=O)OC(C)C(F)(F)S(=O)(=O)O)CC2C3CCC(C3)C2C1. The molecule has 3 aliphatic carbocycles. The van der Waals surface area contributed by atoms with Crippen molar-refractivity contribution in [1.82, 2.24) is 0 Å². The molecule has 234 valence electrons. The molecular weight excluding hydrogens is 586 g/mol. The Hall–Kier alpha value is -2.39. The summed E-state index contributed by atoms with van der Waals surface area (Å²) in [7, 11) is -5.84. The Morgan fingerprint density at radius 1 is 1.07 bits per heavy atom. The smallest absolute Gasteiger partial charge is 0.405 e. The molecule has 0 spiro atoms. The highest BCUT2D eigenvalue weighted by atomic mass is 32.2. The molecule has 3 saturated carbocycles. The third-order valence-electron chi connectivity index (χ3n) is 10.6. The molecule has 3 saturated heterocycles. The molecule has 3 aliphatic heterocycles. The third kappa shape index (κ3) is 4.61. The summed E-state index contributed by atoms with van der Waals surface area (Å²) in [6.45, 7) is 2.57. The topological polar surface area (TPSA) is 169 Å². The van der Waals surface area contributed by atoms with Crippen LogP contribution in [0.1, 0.15) is 65.2 Å². The van der Waals surface area contributed by atoms with E-state index in [1.54, 1.807) is 0 Å². The average Bonchev–Trinajstić information content (AvgIpc) is 3.73. The number of halogens is 2. The van der Waals surface area contributed by atoms with Gasteiger partial charge >= 0.3 is 39.2 Å². The zero-order chi connectivity index (χ0) is 30.4. The van der Waals surface area contributed by atoms with Crippen molar-refractivity contribution >= 4 is 34.0 Å². The highest BCUT2D eigenvalue weighted by Gasteiger charge is 2.72. The molecule has 12 nitrogen and oxygen atoms in total. The molecule has 3 heterocycles. The first-order valence-electron chi connectivity index (χ1n) is 14.5. The Labute approximate surface area is 240 Å². The zero-order valence-corrected chi connectivity index (χ0v) is 23.9. The minimum Gasteiger partial charge on any atom is -0.459 e. The lowest BCUT2D eigenvalue weighted by molar-refractivity contribution is -0.174. The maximum Gasteiger partial charge on any atom is 0.405 e. The van der Waals surface area contributed by atoms with Crippen molar-refractivity contribution in [2.45, 2.75) is 107 Å². The second-order valence-corrected chi connectivity index (χ2v) is 14.2. The van der Waals surface area contributed by atoms with Gasteiger partial charge in [-0.2, -0.15) is 17.2 Å². The molecule has 6 aliphatic rings. The van der Waals surface area contributed by atoms with Crippen LogP contribution in [0, 0.1) is 35.5 Å². The Morgan fingerprint density at radius 2 is 1.69 bits per heavy atom. The van der Waals surface area contributed by atoms with Crippen LogP contribution in [-0.2, 0) is 53.0 Å². The Bertz CT molecular complexity index is 1270. The third-order valence-corrected chi connectivity index (χ3v) is 11.6. The second-order valence-electron chi connectivity index (χ2n) is 12.7. The maximum atomic E-state index is 13.7. The zero-order valence-electron chi connectivity index (χ0n) is 23.1. The van der Waals surface area contributed by atoms with Crippen LogP contribution in [0.4, 0.5) is 8.78 Å². The van der Waals surface area contributed by atoms with E-state index in [1.165, 1.54) is 19.3 Å². The predicted octanol–water partition coefficient (Wildman–Crippen LogP) is 2.18. The molecule has 15 heteroatoms. The number of fused-ring (bicyclic) bond motifs is 6. The van der Waals surface area contributed by atoms with E-state index in [1.807, 2.05) is 6.92 Å². The molecule has 1 N–H and O–H groups in total. The van der Waals surface area contributed by atoms with Gasteiger partial charge in [-0.3, -0.25) is 23.7 Å². The number of hydrogen-bond acceptors (Lipinski definition) is 11. The van der Waals surface area contributed by atoms with Crippen molar-refractivity contribution in [3.63, 3.8) is 0 Å². The summed E-state index contributed by atoms with van der Waals surface area (Å²) < 4.78 is 84.9. The molecule has 0 radical (unpaired) electrons. The van der Waals surface area contributed by atoms with E-state index in [-0.39, 0.29) is 0 Å². The van der Waals surface area contributed by atoms with E-state index < -0.39 is 100 Å². The fourth-order valence-electron chi connectivity index (χ4n) is 8.52. The quantitative estimate of drug-likeness (QED) is 0.215. The Morgan fingerprint density at radius 3 is 2.29 bits per heavy atom. The van der Waals surface area contributed by atoms with Gasteiger partial charge in [0.2, 0.25) is 0 Å².